The van der Waals surface area contributed by atoms with Gasteiger partial charge in [0, 0.05) is 38.9 Å². The quantitative estimate of drug-likeness (QED) is 0.785. The van der Waals surface area contributed by atoms with E-state index in [0.29, 0.717) is 13.1 Å². The second kappa shape index (κ2) is 8.48. The van der Waals surface area contributed by atoms with Crippen LogP contribution in [0.1, 0.15) is 22.7 Å². The number of anilines is 1. The summed E-state index contributed by atoms with van der Waals surface area (Å²) < 4.78 is 5.79. The Labute approximate surface area is 178 Å². The van der Waals surface area contributed by atoms with E-state index in [1.165, 1.54) is 16.8 Å². The highest BCUT2D eigenvalue weighted by Gasteiger charge is 2.42. The van der Waals surface area contributed by atoms with Gasteiger partial charge in [0.1, 0.15) is 6.61 Å². The Morgan fingerprint density at radius 3 is 2.40 bits per heavy atom. The lowest BCUT2D eigenvalue weighted by atomic mass is 9.97. The van der Waals surface area contributed by atoms with Crippen LogP contribution in [-0.4, -0.2) is 67.6 Å². The average molecular weight is 408 g/mol. The van der Waals surface area contributed by atoms with Gasteiger partial charge in [-0.25, -0.2) is 0 Å². The molecule has 0 spiro atoms. The number of hydrogen-bond acceptors (Lipinski definition) is 4. The molecule has 0 saturated carbocycles. The number of piperazine rings is 1. The number of morpholine rings is 1. The maximum Gasteiger partial charge on any atom is 0.254 e. The molecule has 2 aliphatic rings. The molecular formula is C24H29N3O3. The van der Waals surface area contributed by atoms with Crippen LogP contribution in [0.25, 0.3) is 0 Å². The topological polar surface area (TPSA) is 53.1 Å². The minimum absolute atomic E-state index is 0.0381. The fourth-order valence-corrected chi connectivity index (χ4v) is 4.38. The van der Waals surface area contributed by atoms with Crippen molar-refractivity contribution in [2.24, 2.45) is 0 Å². The molecule has 0 N–H and O–H groups in total. The van der Waals surface area contributed by atoms with Gasteiger partial charge >= 0.3 is 0 Å². The predicted molar refractivity (Wildman–Crippen MR) is 116 cm³/mol. The summed E-state index contributed by atoms with van der Waals surface area (Å²) in [6.07, 6.45) is -0.678. The summed E-state index contributed by atoms with van der Waals surface area (Å²) in [5, 5.41) is 0. The molecule has 2 fully saturated rings. The Balaban J connectivity index is 1.49. The molecule has 30 heavy (non-hydrogen) atoms. The molecule has 2 heterocycles. The van der Waals surface area contributed by atoms with Crippen molar-refractivity contribution >= 4 is 17.5 Å². The van der Waals surface area contributed by atoms with E-state index in [1.54, 1.807) is 11.9 Å². The largest absolute Gasteiger partial charge is 0.368 e. The second-order valence-electron chi connectivity index (χ2n) is 8.19. The van der Waals surface area contributed by atoms with E-state index in [9.17, 15) is 9.59 Å². The molecule has 0 radical (unpaired) electrons. The third kappa shape index (κ3) is 3.92. The summed E-state index contributed by atoms with van der Waals surface area (Å²) in [6.45, 7) is 7.03. The van der Waals surface area contributed by atoms with Crippen LogP contribution in [0.5, 0.6) is 0 Å². The van der Waals surface area contributed by atoms with Crippen LogP contribution in [0.3, 0.4) is 0 Å². The first-order valence-corrected chi connectivity index (χ1v) is 10.5. The molecule has 6 nitrogen and oxygen atoms in total. The van der Waals surface area contributed by atoms with Gasteiger partial charge in [0.05, 0.1) is 6.04 Å². The zero-order valence-corrected chi connectivity index (χ0v) is 17.9. The van der Waals surface area contributed by atoms with Gasteiger partial charge in [-0.2, -0.15) is 0 Å². The van der Waals surface area contributed by atoms with Crippen molar-refractivity contribution in [1.82, 2.24) is 9.80 Å². The first-order chi connectivity index (χ1) is 14.5. The Morgan fingerprint density at radius 2 is 1.70 bits per heavy atom. The fourth-order valence-electron chi connectivity index (χ4n) is 4.38. The number of ether oxygens (including phenoxy) is 1. The van der Waals surface area contributed by atoms with Gasteiger partial charge in [0.2, 0.25) is 5.91 Å². The number of aryl methyl sites for hydroxylation is 2. The molecule has 0 aromatic heterocycles. The molecule has 2 atom stereocenters. The molecule has 6 heteroatoms. The molecule has 4 rings (SSSR count). The highest BCUT2D eigenvalue weighted by Crippen LogP contribution is 2.31. The van der Waals surface area contributed by atoms with Crippen molar-refractivity contribution in [1.29, 1.82) is 0 Å². The van der Waals surface area contributed by atoms with Crippen molar-refractivity contribution in [3.63, 3.8) is 0 Å². The zero-order valence-electron chi connectivity index (χ0n) is 17.9. The van der Waals surface area contributed by atoms with E-state index in [4.69, 9.17) is 4.74 Å². The molecule has 2 saturated heterocycles. The number of benzene rings is 2. The van der Waals surface area contributed by atoms with E-state index in [1.807, 2.05) is 35.2 Å². The van der Waals surface area contributed by atoms with Crippen LogP contribution >= 0.6 is 0 Å². The summed E-state index contributed by atoms with van der Waals surface area (Å²) in [5.41, 5.74) is 4.65. The van der Waals surface area contributed by atoms with E-state index in [0.717, 1.165) is 18.7 Å². The number of rotatable bonds is 3. The number of nitrogens with zero attached hydrogens (tertiary/aromatic N) is 3. The van der Waals surface area contributed by atoms with Crippen molar-refractivity contribution in [3.8, 4) is 0 Å². The molecule has 158 valence electrons. The number of carbonyl (C=O) groups excluding carboxylic acids is 2. The van der Waals surface area contributed by atoms with Crippen LogP contribution in [0.4, 0.5) is 5.69 Å². The summed E-state index contributed by atoms with van der Waals surface area (Å²) in [4.78, 5) is 31.5. The minimum atomic E-state index is -0.678. The SMILES string of the molecule is Cc1ccc(C)c(N2CCN(C(=O)[C@@H]3OCC(=O)N(C)[C@H]3c3ccccc3)CC2)c1. The third-order valence-corrected chi connectivity index (χ3v) is 6.16. The van der Waals surface area contributed by atoms with Gasteiger partial charge in [-0.15, -0.1) is 0 Å². The van der Waals surface area contributed by atoms with Crippen LogP contribution in [0, 0.1) is 13.8 Å². The van der Waals surface area contributed by atoms with E-state index in [-0.39, 0.29) is 18.4 Å². The predicted octanol–water partition coefficient (Wildman–Crippen LogP) is 2.55. The van der Waals surface area contributed by atoms with E-state index < -0.39 is 12.1 Å². The molecule has 2 aromatic carbocycles. The van der Waals surface area contributed by atoms with Gasteiger partial charge in [0.15, 0.2) is 6.10 Å². The van der Waals surface area contributed by atoms with Gasteiger partial charge in [0.25, 0.3) is 5.91 Å². The fraction of sp³-hybridized carbons (Fsp3) is 0.417. The Hall–Kier alpha value is -2.86. The van der Waals surface area contributed by atoms with Crippen molar-refractivity contribution in [2.75, 3.05) is 44.7 Å². The third-order valence-electron chi connectivity index (χ3n) is 6.16. The maximum absolute atomic E-state index is 13.4. The Morgan fingerprint density at radius 1 is 1.00 bits per heavy atom. The minimum Gasteiger partial charge on any atom is -0.368 e. The van der Waals surface area contributed by atoms with Crippen molar-refractivity contribution in [2.45, 2.75) is 26.0 Å². The van der Waals surface area contributed by atoms with E-state index in [2.05, 4.69) is 36.9 Å². The number of likely N-dealkylation sites (N-methyl/N-ethyl adjacent to an activating group) is 1. The lowest BCUT2D eigenvalue weighted by molar-refractivity contribution is -0.167. The van der Waals surface area contributed by atoms with E-state index >= 15 is 0 Å². The van der Waals surface area contributed by atoms with Gasteiger partial charge in [-0.3, -0.25) is 9.59 Å². The van der Waals surface area contributed by atoms with Crippen LogP contribution in [-0.2, 0) is 14.3 Å². The summed E-state index contributed by atoms with van der Waals surface area (Å²) in [6, 6.07) is 15.7. The second-order valence-corrected chi connectivity index (χ2v) is 8.19. The van der Waals surface area contributed by atoms with Crippen LogP contribution < -0.4 is 4.90 Å². The highest BCUT2D eigenvalue weighted by atomic mass is 16.5. The number of hydrogen-bond donors (Lipinski definition) is 0. The molecule has 0 unspecified atom stereocenters. The maximum atomic E-state index is 13.4. The Kier molecular flexibility index (Phi) is 5.77. The molecule has 2 aliphatic heterocycles. The van der Waals surface area contributed by atoms with Gasteiger partial charge < -0.3 is 19.4 Å². The van der Waals surface area contributed by atoms with Crippen molar-refractivity contribution < 1.29 is 14.3 Å². The normalized spacial score (nSPS) is 22.4. The summed E-state index contributed by atoms with van der Waals surface area (Å²) >= 11 is 0. The number of amides is 2. The lowest BCUT2D eigenvalue weighted by Crippen LogP contribution is -2.57. The standard InChI is InChI=1S/C24H29N3O3/c1-17-9-10-18(2)20(15-17)26-11-13-27(14-12-26)24(29)23-22(19-7-5-4-6-8-19)25(3)21(28)16-30-23/h4-10,15,22-23H,11-14,16H2,1-3H3/t22-,23+/m0/s1. The monoisotopic (exact) mass is 407 g/mol. The van der Waals surface area contributed by atoms with Crippen molar-refractivity contribution in [3.05, 3.63) is 65.2 Å². The molecule has 0 bridgehead atoms. The number of carbonyl (C=O) groups is 2. The Bertz CT molecular complexity index is 923. The first-order valence-electron chi connectivity index (χ1n) is 10.5. The average Bonchev–Trinajstić information content (AvgIpc) is 2.77. The van der Waals surface area contributed by atoms with Crippen LogP contribution in [0.15, 0.2) is 48.5 Å². The van der Waals surface area contributed by atoms with Gasteiger partial charge in [-0.1, -0.05) is 42.5 Å². The van der Waals surface area contributed by atoms with Gasteiger partial charge in [-0.05, 0) is 36.6 Å². The van der Waals surface area contributed by atoms with Crippen LogP contribution in [0.2, 0.25) is 0 Å². The summed E-state index contributed by atoms with van der Waals surface area (Å²) in [5.74, 6) is -0.142. The molecule has 2 amide bonds. The molecular weight excluding hydrogens is 378 g/mol. The lowest BCUT2D eigenvalue weighted by Gasteiger charge is -2.42. The molecule has 2 aromatic rings. The smallest absolute Gasteiger partial charge is 0.254 e. The highest BCUT2D eigenvalue weighted by molar-refractivity contribution is 5.86. The molecule has 0 aliphatic carbocycles. The summed E-state index contributed by atoms with van der Waals surface area (Å²) in [7, 11) is 1.75. The first kappa shape index (κ1) is 20.4. The zero-order chi connectivity index (χ0) is 21.3.